The molecule has 3 N–H and O–H groups in total. The molecule has 256 valence electrons. The Morgan fingerprint density at radius 2 is 1.12 bits per heavy atom. The average molecular weight is 670 g/mol. The van der Waals surface area contributed by atoms with Gasteiger partial charge in [0.25, 0.3) is 0 Å². The highest BCUT2D eigenvalue weighted by atomic mass is 16.5. The number of amides is 1. The highest BCUT2D eigenvalue weighted by molar-refractivity contribution is 5.88. The molecule has 0 spiro atoms. The van der Waals surface area contributed by atoms with Crippen LogP contribution in [0, 0.1) is 0 Å². The lowest BCUT2D eigenvalue weighted by Gasteiger charge is -2.42. The van der Waals surface area contributed by atoms with Gasteiger partial charge in [-0.25, -0.2) is 14.4 Å². The third-order valence-corrected chi connectivity index (χ3v) is 8.28. The molecule has 0 aliphatic carbocycles. The number of aromatic carboxylic acids is 2. The predicted octanol–water partition coefficient (Wildman–Crippen LogP) is 6.32. The Labute approximate surface area is 284 Å². The largest absolute Gasteiger partial charge is 0.494 e. The molecule has 1 aliphatic heterocycles. The van der Waals surface area contributed by atoms with Crippen molar-refractivity contribution in [3.8, 4) is 5.75 Å². The standard InChI is InChI=1S/C38H39NO10/c40-36(41)30-11-7-27(8-12-30)24-48-33-21-39(38(44)45)22-34(49-25-28-9-13-31(14-10-28)37(42)43)35(33)29-15-17-32(18-16-29)47-20-4-19-46-23-26-5-2-1-3-6-26/h1-3,5-18,33-35H,4,19-25H2,(H,40,41)(H,42,43)(H,44,45)/t33-,34+,35-. The molecule has 4 aromatic carbocycles. The van der Waals surface area contributed by atoms with Gasteiger partial charge in [-0.2, -0.15) is 0 Å². The summed E-state index contributed by atoms with van der Waals surface area (Å²) in [4.78, 5) is 36.0. The SMILES string of the molecule is O=C(O)c1ccc(CO[C@H]2CN(C(=O)O)C[C@@H](OCc3ccc(C(=O)O)cc3)[C@H]2c2ccc(OCCCOCc3ccccc3)cc2)cc1. The van der Waals surface area contributed by atoms with Gasteiger partial charge in [0.2, 0.25) is 0 Å². The number of rotatable bonds is 16. The summed E-state index contributed by atoms with van der Waals surface area (Å²) in [5.41, 5.74) is 3.78. The summed E-state index contributed by atoms with van der Waals surface area (Å²) in [5, 5.41) is 28.5. The normalized spacial score (nSPS) is 17.4. The van der Waals surface area contributed by atoms with Crippen molar-refractivity contribution in [3.05, 3.63) is 137 Å². The Kier molecular flexibility index (Phi) is 12.4. The van der Waals surface area contributed by atoms with E-state index in [2.05, 4.69) is 0 Å². The van der Waals surface area contributed by atoms with Gasteiger partial charge in [-0.15, -0.1) is 0 Å². The van der Waals surface area contributed by atoms with Gasteiger partial charge >= 0.3 is 18.0 Å². The molecule has 4 aromatic rings. The van der Waals surface area contributed by atoms with Crippen LogP contribution in [0.3, 0.4) is 0 Å². The third-order valence-electron chi connectivity index (χ3n) is 8.28. The lowest BCUT2D eigenvalue weighted by Crippen LogP contribution is -2.54. The Morgan fingerprint density at radius 1 is 0.612 bits per heavy atom. The molecule has 11 nitrogen and oxygen atoms in total. The first-order chi connectivity index (χ1) is 23.8. The molecule has 1 aliphatic rings. The lowest BCUT2D eigenvalue weighted by molar-refractivity contribution is -0.0937. The zero-order valence-electron chi connectivity index (χ0n) is 26.9. The molecule has 1 fully saturated rings. The number of hydrogen-bond donors (Lipinski definition) is 3. The number of carboxylic acids is 2. The van der Waals surface area contributed by atoms with E-state index in [4.69, 9.17) is 18.9 Å². The number of piperidine rings is 1. The number of hydrogen-bond acceptors (Lipinski definition) is 7. The van der Waals surface area contributed by atoms with Crippen molar-refractivity contribution >= 4 is 18.0 Å². The molecule has 0 aromatic heterocycles. The van der Waals surface area contributed by atoms with E-state index in [1.54, 1.807) is 24.3 Å². The van der Waals surface area contributed by atoms with Gasteiger partial charge in [-0.1, -0.05) is 66.7 Å². The first kappa shape index (κ1) is 35.1. The second-order valence-corrected chi connectivity index (χ2v) is 11.7. The summed E-state index contributed by atoms with van der Waals surface area (Å²) in [6.07, 6.45) is -1.59. The summed E-state index contributed by atoms with van der Waals surface area (Å²) in [6.45, 7) is 2.04. The number of nitrogens with zero attached hydrogens (tertiary/aromatic N) is 1. The van der Waals surface area contributed by atoms with Crippen LogP contribution in [0.4, 0.5) is 4.79 Å². The molecule has 1 saturated heterocycles. The molecule has 0 saturated carbocycles. The van der Waals surface area contributed by atoms with Crippen LogP contribution < -0.4 is 4.74 Å². The second-order valence-electron chi connectivity index (χ2n) is 11.7. The summed E-state index contributed by atoms with van der Waals surface area (Å²) in [7, 11) is 0. The Balaban J connectivity index is 1.28. The van der Waals surface area contributed by atoms with Crippen LogP contribution in [-0.4, -0.2) is 76.8 Å². The summed E-state index contributed by atoms with van der Waals surface area (Å²) in [5.74, 6) is -1.74. The van der Waals surface area contributed by atoms with Crippen LogP contribution in [0.15, 0.2) is 103 Å². The monoisotopic (exact) mass is 669 g/mol. The van der Waals surface area contributed by atoms with Crippen molar-refractivity contribution < 1.29 is 48.7 Å². The van der Waals surface area contributed by atoms with Crippen LogP contribution in [0.1, 0.15) is 55.3 Å². The van der Waals surface area contributed by atoms with E-state index in [1.165, 1.54) is 29.2 Å². The molecule has 0 radical (unpaired) electrons. The molecule has 5 rings (SSSR count). The second kappa shape index (κ2) is 17.3. The molecular weight excluding hydrogens is 630 g/mol. The highest BCUT2D eigenvalue weighted by Gasteiger charge is 2.41. The Hall–Kier alpha value is -5.23. The molecule has 3 atom stereocenters. The van der Waals surface area contributed by atoms with Crippen molar-refractivity contribution in [2.45, 2.75) is 44.4 Å². The minimum Gasteiger partial charge on any atom is -0.494 e. The van der Waals surface area contributed by atoms with Crippen LogP contribution in [0.5, 0.6) is 5.75 Å². The van der Waals surface area contributed by atoms with Crippen molar-refractivity contribution in [2.24, 2.45) is 0 Å². The fourth-order valence-electron chi connectivity index (χ4n) is 5.67. The van der Waals surface area contributed by atoms with Gasteiger partial charge in [0.05, 0.1) is 69.5 Å². The number of carboxylic acid groups (broad SMARTS) is 3. The maximum atomic E-state index is 12.2. The topological polar surface area (TPSA) is 152 Å². The minimum atomic E-state index is -1.10. The van der Waals surface area contributed by atoms with Gasteiger partial charge in [-0.05, 0) is 58.7 Å². The average Bonchev–Trinajstić information content (AvgIpc) is 3.12. The maximum absolute atomic E-state index is 12.2. The maximum Gasteiger partial charge on any atom is 0.407 e. The smallest absolute Gasteiger partial charge is 0.407 e. The summed E-state index contributed by atoms with van der Waals surface area (Å²) >= 11 is 0. The van der Waals surface area contributed by atoms with E-state index >= 15 is 0 Å². The minimum absolute atomic E-state index is 0.0988. The highest BCUT2D eigenvalue weighted by Crippen LogP contribution is 2.35. The zero-order chi connectivity index (χ0) is 34.6. The van der Waals surface area contributed by atoms with E-state index in [-0.39, 0.29) is 43.3 Å². The molecule has 49 heavy (non-hydrogen) atoms. The van der Waals surface area contributed by atoms with Crippen molar-refractivity contribution in [1.29, 1.82) is 0 Å². The predicted molar refractivity (Wildman–Crippen MR) is 179 cm³/mol. The van der Waals surface area contributed by atoms with Crippen molar-refractivity contribution in [2.75, 3.05) is 26.3 Å². The third kappa shape index (κ3) is 10.1. The van der Waals surface area contributed by atoms with E-state index in [0.717, 1.165) is 28.7 Å². The Bertz CT molecular complexity index is 1590. The van der Waals surface area contributed by atoms with E-state index in [0.29, 0.717) is 25.6 Å². The fourth-order valence-corrected chi connectivity index (χ4v) is 5.67. The number of benzene rings is 4. The zero-order valence-corrected chi connectivity index (χ0v) is 26.9. The van der Waals surface area contributed by atoms with Gasteiger partial charge in [0, 0.05) is 12.3 Å². The van der Waals surface area contributed by atoms with Crippen LogP contribution in [0.2, 0.25) is 0 Å². The van der Waals surface area contributed by atoms with E-state index in [9.17, 15) is 29.7 Å². The number of likely N-dealkylation sites (tertiary alicyclic amines) is 1. The fraction of sp³-hybridized carbons (Fsp3) is 0.289. The quantitative estimate of drug-likeness (QED) is 0.116. The molecular formula is C38H39NO10. The number of ether oxygens (including phenoxy) is 4. The Morgan fingerprint density at radius 3 is 1.61 bits per heavy atom. The van der Waals surface area contributed by atoms with Gasteiger partial charge in [-0.3, -0.25) is 0 Å². The van der Waals surface area contributed by atoms with E-state index < -0.39 is 30.2 Å². The lowest BCUT2D eigenvalue weighted by atomic mass is 9.84. The van der Waals surface area contributed by atoms with Gasteiger partial charge in [0.1, 0.15) is 5.75 Å². The molecule has 1 heterocycles. The molecule has 1 amide bonds. The first-order valence-electron chi connectivity index (χ1n) is 16.0. The van der Waals surface area contributed by atoms with E-state index in [1.807, 2.05) is 54.6 Å². The van der Waals surface area contributed by atoms with Gasteiger partial charge in [0.15, 0.2) is 0 Å². The van der Waals surface area contributed by atoms with Crippen molar-refractivity contribution in [1.82, 2.24) is 4.90 Å². The van der Waals surface area contributed by atoms with Crippen LogP contribution in [-0.2, 0) is 34.0 Å². The van der Waals surface area contributed by atoms with Crippen molar-refractivity contribution in [3.63, 3.8) is 0 Å². The molecule has 0 bridgehead atoms. The molecule has 11 heteroatoms. The number of carbonyl (C=O) groups is 3. The van der Waals surface area contributed by atoms with Crippen LogP contribution in [0.25, 0.3) is 0 Å². The molecule has 0 unspecified atom stereocenters. The summed E-state index contributed by atoms with van der Waals surface area (Å²) in [6, 6.07) is 30.2. The van der Waals surface area contributed by atoms with Crippen LogP contribution >= 0.6 is 0 Å². The summed E-state index contributed by atoms with van der Waals surface area (Å²) < 4.78 is 24.4. The first-order valence-corrected chi connectivity index (χ1v) is 16.0. The van der Waals surface area contributed by atoms with Gasteiger partial charge < -0.3 is 39.2 Å².